The Morgan fingerprint density at radius 1 is 1.18 bits per heavy atom. The third-order valence-electron chi connectivity index (χ3n) is 2.96. The Kier molecular flexibility index (Phi) is 5.62. The van der Waals surface area contributed by atoms with Gasteiger partial charge in [0.05, 0.1) is 6.04 Å². The molecule has 0 saturated carbocycles. The maximum atomic E-state index is 4.61. The molecule has 1 aromatic heterocycles. The van der Waals surface area contributed by atoms with E-state index >= 15 is 0 Å². The van der Waals surface area contributed by atoms with Crippen molar-refractivity contribution in [2.24, 2.45) is 0 Å². The molecule has 0 spiro atoms. The van der Waals surface area contributed by atoms with Crippen LogP contribution in [0.4, 0.5) is 0 Å². The first-order chi connectivity index (χ1) is 8.12. The third kappa shape index (κ3) is 3.80. The number of aromatic nitrogens is 3. The lowest BCUT2D eigenvalue weighted by molar-refractivity contribution is 0.384. The first-order valence-electron chi connectivity index (χ1n) is 6.79. The maximum absolute atomic E-state index is 4.61. The summed E-state index contributed by atoms with van der Waals surface area (Å²) in [5, 5.41) is 8.10. The Bertz CT molecular complexity index is 330. The van der Waals surface area contributed by atoms with Crippen molar-refractivity contribution in [3.05, 3.63) is 11.6 Å². The summed E-state index contributed by atoms with van der Waals surface area (Å²) < 4.78 is 2.12. The van der Waals surface area contributed by atoms with Gasteiger partial charge in [-0.25, -0.2) is 9.67 Å². The van der Waals surface area contributed by atoms with Crippen LogP contribution in [0.3, 0.4) is 0 Å². The van der Waals surface area contributed by atoms with Gasteiger partial charge in [0.15, 0.2) is 5.82 Å². The highest BCUT2D eigenvalue weighted by Crippen LogP contribution is 2.13. The van der Waals surface area contributed by atoms with E-state index in [-0.39, 0.29) is 0 Å². The van der Waals surface area contributed by atoms with Crippen molar-refractivity contribution < 1.29 is 0 Å². The quantitative estimate of drug-likeness (QED) is 0.793. The largest absolute Gasteiger partial charge is 0.312 e. The highest BCUT2D eigenvalue weighted by atomic mass is 15.4. The first-order valence-corrected chi connectivity index (χ1v) is 6.79. The number of hydrogen-bond acceptors (Lipinski definition) is 3. The molecule has 0 aliphatic heterocycles. The van der Waals surface area contributed by atoms with E-state index in [2.05, 4.69) is 54.7 Å². The Balaban J connectivity index is 2.82. The predicted octanol–water partition coefficient (Wildman–Crippen LogP) is 2.35. The minimum atomic E-state index is 0.417. The van der Waals surface area contributed by atoms with Crippen LogP contribution in [0.15, 0.2) is 0 Å². The molecule has 0 bridgehead atoms. The molecule has 98 valence electrons. The van der Waals surface area contributed by atoms with Crippen molar-refractivity contribution >= 4 is 0 Å². The first kappa shape index (κ1) is 14.2. The average Bonchev–Trinajstić information content (AvgIpc) is 2.73. The van der Waals surface area contributed by atoms with Gasteiger partial charge >= 0.3 is 0 Å². The molecule has 17 heavy (non-hydrogen) atoms. The second-order valence-electron chi connectivity index (χ2n) is 4.72. The summed E-state index contributed by atoms with van der Waals surface area (Å²) in [6.45, 7) is 11.8. The molecule has 0 amide bonds. The summed E-state index contributed by atoms with van der Waals surface area (Å²) in [6.07, 6.45) is 2.94. The highest BCUT2D eigenvalue weighted by Gasteiger charge is 2.15. The smallest absolute Gasteiger partial charge is 0.150 e. The lowest BCUT2D eigenvalue weighted by Gasteiger charge is -2.19. The number of aryl methyl sites for hydroxylation is 2. The molecule has 0 radical (unpaired) electrons. The standard InChI is InChI=1S/C13H26N4/c1-6-11(9-14-10(4)5)17-13(8-3)15-12(7-2)16-17/h10-11,14H,6-9H2,1-5H3. The molecule has 1 N–H and O–H groups in total. The van der Waals surface area contributed by atoms with E-state index in [1.54, 1.807) is 0 Å². The second-order valence-corrected chi connectivity index (χ2v) is 4.72. The molecule has 4 heteroatoms. The van der Waals surface area contributed by atoms with E-state index in [0.29, 0.717) is 12.1 Å². The van der Waals surface area contributed by atoms with Gasteiger partial charge in [0.25, 0.3) is 0 Å². The number of rotatable bonds is 7. The van der Waals surface area contributed by atoms with Crippen molar-refractivity contribution in [2.45, 2.75) is 66.0 Å². The molecule has 0 saturated heterocycles. The van der Waals surface area contributed by atoms with Gasteiger partial charge in [0.1, 0.15) is 5.82 Å². The van der Waals surface area contributed by atoms with Crippen molar-refractivity contribution in [1.82, 2.24) is 20.1 Å². The van der Waals surface area contributed by atoms with Crippen LogP contribution in [0.25, 0.3) is 0 Å². The fourth-order valence-corrected chi connectivity index (χ4v) is 1.86. The molecule has 1 atom stereocenters. The predicted molar refractivity (Wildman–Crippen MR) is 71.2 cm³/mol. The minimum absolute atomic E-state index is 0.417. The molecule has 0 aromatic carbocycles. The van der Waals surface area contributed by atoms with Crippen LogP contribution in [-0.4, -0.2) is 27.4 Å². The zero-order valence-corrected chi connectivity index (χ0v) is 11.8. The van der Waals surface area contributed by atoms with Crippen LogP contribution in [0.2, 0.25) is 0 Å². The van der Waals surface area contributed by atoms with E-state index in [9.17, 15) is 0 Å². The fourth-order valence-electron chi connectivity index (χ4n) is 1.86. The lowest BCUT2D eigenvalue weighted by Crippen LogP contribution is -2.31. The topological polar surface area (TPSA) is 42.7 Å². The van der Waals surface area contributed by atoms with Crippen LogP contribution in [-0.2, 0) is 12.8 Å². The summed E-state index contributed by atoms with van der Waals surface area (Å²) in [6, 6.07) is 0.934. The van der Waals surface area contributed by atoms with Gasteiger partial charge in [-0.2, -0.15) is 5.10 Å². The summed E-state index contributed by atoms with van der Waals surface area (Å²) in [5.74, 6) is 2.07. The number of hydrogen-bond donors (Lipinski definition) is 1. The highest BCUT2D eigenvalue weighted by molar-refractivity contribution is 4.95. The summed E-state index contributed by atoms with van der Waals surface area (Å²) in [4.78, 5) is 4.57. The van der Waals surface area contributed by atoms with Gasteiger partial charge < -0.3 is 5.32 Å². The summed E-state index contributed by atoms with van der Waals surface area (Å²) >= 11 is 0. The zero-order valence-electron chi connectivity index (χ0n) is 11.8. The molecule has 1 aromatic rings. The van der Waals surface area contributed by atoms with Gasteiger partial charge in [-0.15, -0.1) is 0 Å². The average molecular weight is 238 g/mol. The molecular weight excluding hydrogens is 212 g/mol. The summed E-state index contributed by atoms with van der Waals surface area (Å²) in [7, 11) is 0. The van der Waals surface area contributed by atoms with Crippen LogP contribution < -0.4 is 5.32 Å². The number of nitrogens with one attached hydrogen (secondary N) is 1. The van der Waals surface area contributed by atoms with Gasteiger partial charge in [-0.3, -0.25) is 0 Å². The van der Waals surface area contributed by atoms with Crippen molar-refractivity contribution in [1.29, 1.82) is 0 Å². The molecule has 1 rings (SSSR count). The Hall–Kier alpha value is -0.900. The Labute approximate surface area is 105 Å². The van der Waals surface area contributed by atoms with E-state index in [1.807, 2.05) is 0 Å². The van der Waals surface area contributed by atoms with E-state index < -0.39 is 0 Å². The van der Waals surface area contributed by atoms with Gasteiger partial charge in [-0.05, 0) is 6.42 Å². The molecule has 1 heterocycles. The van der Waals surface area contributed by atoms with E-state index in [0.717, 1.165) is 37.5 Å². The van der Waals surface area contributed by atoms with Crippen molar-refractivity contribution in [3.8, 4) is 0 Å². The van der Waals surface area contributed by atoms with E-state index in [4.69, 9.17) is 0 Å². The molecule has 4 nitrogen and oxygen atoms in total. The van der Waals surface area contributed by atoms with Gasteiger partial charge in [-0.1, -0.05) is 34.6 Å². The fraction of sp³-hybridized carbons (Fsp3) is 0.846. The molecule has 0 aliphatic rings. The Morgan fingerprint density at radius 2 is 1.88 bits per heavy atom. The van der Waals surface area contributed by atoms with Crippen LogP contribution in [0.1, 0.15) is 58.7 Å². The van der Waals surface area contributed by atoms with Crippen LogP contribution in [0.5, 0.6) is 0 Å². The maximum Gasteiger partial charge on any atom is 0.150 e. The van der Waals surface area contributed by atoms with E-state index in [1.165, 1.54) is 0 Å². The van der Waals surface area contributed by atoms with Gasteiger partial charge in [0.2, 0.25) is 0 Å². The number of nitrogens with zero attached hydrogens (tertiary/aromatic N) is 3. The zero-order chi connectivity index (χ0) is 12.8. The third-order valence-corrected chi connectivity index (χ3v) is 2.96. The van der Waals surface area contributed by atoms with Crippen molar-refractivity contribution in [3.63, 3.8) is 0 Å². The van der Waals surface area contributed by atoms with Crippen LogP contribution in [0, 0.1) is 0 Å². The molecule has 0 fully saturated rings. The lowest BCUT2D eigenvalue weighted by atomic mass is 10.2. The molecule has 1 unspecified atom stereocenters. The normalized spacial score (nSPS) is 13.3. The molecule has 0 aliphatic carbocycles. The second kappa shape index (κ2) is 6.74. The van der Waals surface area contributed by atoms with Crippen molar-refractivity contribution in [2.75, 3.05) is 6.54 Å². The minimum Gasteiger partial charge on any atom is -0.312 e. The van der Waals surface area contributed by atoms with Gasteiger partial charge in [0, 0.05) is 25.4 Å². The molecular formula is C13H26N4. The Morgan fingerprint density at radius 3 is 2.35 bits per heavy atom. The van der Waals surface area contributed by atoms with Crippen LogP contribution >= 0.6 is 0 Å². The monoisotopic (exact) mass is 238 g/mol. The SMILES string of the molecule is CCc1nc(CC)n(C(CC)CNC(C)C)n1. The summed E-state index contributed by atoms with van der Waals surface area (Å²) in [5.41, 5.74) is 0.